The molecule has 2 aromatic rings. The Labute approximate surface area is 134 Å². The van der Waals surface area contributed by atoms with Gasteiger partial charge in [0.15, 0.2) is 0 Å². The van der Waals surface area contributed by atoms with Crippen LogP contribution in [-0.2, 0) is 19.3 Å². The van der Waals surface area contributed by atoms with Crippen LogP contribution in [-0.4, -0.2) is 7.05 Å². The van der Waals surface area contributed by atoms with E-state index in [1.807, 2.05) is 0 Å². The van der Waals surface area contributed by atoms with Crippen LogP contribution in [0.15, 0.2) is 42.5 Å². The molecule has 1 atom stereocenters. The predicted octanol–water partition coefficient (Wildman–Crippen LogP) is 4.28. The largest absolute Gasteiger partial charge is 0.313 e. The topological polar surface area (TPSA) is 12.0 Å². The van der Waals surface area contributed by atoms with E-state index in [2.05, 4.69) is 77.4 Å². The van der Waals surface area contributed by atoms with E-state index >= 15 is 0 Å². The maximum absolute atomic E-state index is 3.47. The van der Waals surface area contributed by atoms with Crippen LogP contribution in [0.5, 0.6) is 0 Å². The summed E-state index contributed by atoms with van der Waals surface area (Å²) in [6, 6.07) is 16.3. The number of rotatable bonds is 4. The molecule has 0 heterocycles. The highest BCUT2D eigenvalue weighted by Gasteiger charge is 2.15. The predicted molar refractivity (Wildman–Crippen MR) is 93.1 cm³/mol. The molecule has 0 saturated carbocycles. The second-order valence-corrected chi connectivity index (χ2v) is 6.80. The second-order valence-electron chi connectivity index (χ2n) is 5.55. The van der Waals surface area contributed by atoms with E-state index in [9.17, 15) is 0 Å². The third-order valence-electron chi connectivity index (χ3n) is 4.23. The fraction of sp³-hybridized carbons (Fsp3) is 0.333. The quantitative estimate of drug-likeness (QED) is 0.785. The molecule has 20 heavy (non-hydrogen) atoms. The van der Waals surface area contributed by atoms with Gasteiger partial charge in [-0.15, -0.1) is 0 Å². The van der Waals surface area contributed by atoms with Gasteiger partial charge < -0.3 is 5.32 Å². The van der Waals surface area contributed by atoms with Crippen LogP contribution in [0, 0.1) is 3.57 Å². The molecule has 1 nitrogen and oxygen atoms in total. The molecule has 1 N–H and O–H groups in total. The highest BCUT2D eigenvalue weighted by Crippen LogP contribution is 2.27. The molecule has 0 amide bonds. The fourth-order valence-corrected chi connectivity index (χ4v) is 3.41. The summed E-state index contributed by atoms with van der Waals surface area (Å²) in [5, 5.41) is 3.47. The number of hydrogen-bond donors (Lipinski definition) is 1. The molecule has 0 fully saturated rings. The molecular weight excluding hydrogens is 357 g/mol. The van der Waals surface area contributed by atoms with Crippen LogP contribution in [0.1, 0.15) is 34.7 Å². The van der Waals surface area contributed by atoms with E-state index in [0.717, 1.165) is 6.42 Å². The van der Waals surface area contributed by atoms with E-state index in [1.54, 1.807) is 11.1 Å². The summed E-state index contributed by atoms with van der Waals surface area (Å²) in [5.41, 5.74) is 5.93. The summed E-state index contributed by atoms with van der Waals surface area (Å²) in [6.07, 6.45) is 4.88. The summed E-state index contributed by atoms with van der Waals surface area (Å²) < 4.78 is 1.30. The number of nitrogens with one attached hydrogen (secondary N) is 1. The van der Waals surface area contributed by atoms with Crippen LogP contribution in [0.25, 0.3) is 0 Å². The third kappa shape index (κ3) is 3.07. The summed E-state index contributed by atoms with van der Waals surface area (Å²) in [5.74, 6) is 0. The van der Waals surface area contributed by atoms with E-state index in [-0.39, 0.29) is 0 Å². The van der Waals surface area contributed by atoms with Gasteiger partial charge in [-0.25, -0.2) is 0 Å². The van der Waals surface area contributed by atoms with Gasteiger partial charge in [-0.3, -0.25) is 0 Å². The third-order valence-corrected chi connectivity index (χ3v) is 4.95. The second kappa shape index (κ2) is 6.27. The summed E-state index contributed by atoms with van der Waals surface area (Å²) in [6.45, 7) is 0. The van der Waals surface area contributed by atoms with Gasteiger partial charge in [-0.05, 0) is 89.7 Å². The van der Waals surface area contributed by atoms with Gasteiger partial charge in [-0.1, -0.05) is 30.3 Å². The molecule has 3 rings (SSSR count). The zero-order valence-corrected chi connectivity index (χ0v) is 14.0. The van der Waals surface area contributed by atoms with Crippen molar-refractivity contribution in [3.8, 4) is 0 Å². The van der Waals surface area contributed by atoms with Crippen molar-refractivity contribution in [2.75, 3.05) is 7.05 Å². The number of likely N-dealkylation sites (N-methyl/N-ethyl adjacent to an activating group) is 1. The van der Waals surface area contributed by atoms with Crippen molar-refractivity contribution < 1.29 is 0 Å². The lowest BCUT2D eigenvalue weighted by Crippen LogP contribution is -2.19. The maximum Gasteiger partial charge on any atom is 0.0358 e. The molecular formula is C18H20IN. The number of fused-ring (bicyclic) bond motifs is 1. The van der Waals surface area contributed by atoms with E-state index in [1.165, 1.54) is 34.0 Å². The molecule has 0 aromatic heterocycles. The molecule has 2 aromatic carbocycles. The van der Waals surface area contributed by atoms with Crippen molar-refractivity contribution in [2.24, 2.45) is 0 Å². The first-order chi connectivity index (χ1) is 9.76. The smallest absolute Gasteiger partial charge is 0.0358 e. The molecule has 2 heteroatoms. The number of aryl methyl sites for hydroxylation is 2. The van der Waals surface area contributed by atoms with Gasteiger partial charge in [0.25, 0.3) is 0 Å². The SMILES string of the molecule is CNC(Cc1ccc(I)cc1)c1ccc2c(c1)CCC2. The zero-order chi connectivity index (χ0) is 13.9. The van der Waals surface area contributed by atoms with Crippen LogP contribution < -0.4 is 5.32 Å². The van der Waals surface area contributed by atoms with Gasteiger partial charge in [-0.2, -0.15) is 0 Å². The zero-order valence-electron chi connectivity index (χ0n) is 11.8. The molecule has 1 aliphatic rings. The van der Waals surface area contributed by atoms with E-state index in [0.29, 0.717) is 6.04 Å². The Hall–Kier alpha value is -0.870. The molecule has 1 unspecified atom stereocenters. The van der Waals surface area contributed by atoms with E-state index < -0.39 is 0 Å². The summed E-state index contributed by atoms with van der Waals surface area (Å²) in [4.78, 5) is 0. The number of hydrogen-bond acceptors (Lipinski definition) is 1. The Balaban J connectivity index is 1.81. The average molecular weight is 377 g/mol. The molecule has 104 valence electrons. The normalized spacial score (nSPS) is 15.1. The first-order valence-electron chi connectivity index (χ1n) is 7.29. The van der Waals surface area contributed by atoms with Gasteiger partial charge in [0, 0.05) is 9.61 Å². The monoisotopic (exact) mass is 377 g/mol. The van der Waals surface area contributed by atoms with Crippen LogP contribution >= 0.6 is 22.6 Å². The van der Waals surface area contributed by atoms with Crippen LogP contribution in [0.4, 0.5) is 0 Å². The lowest BCUT2D eigenvalue weighted by molar-refractivity contribution is 0.591. The molecule has 0 radical (unpaired) electrons. The van der Waals surface area contributed by atoms with Gasteiger partial charge >= 0.3 is 0 Å². The molecule has 0 aliphatic heterocycles. The first kappa shape index (κ1) is 14.1. The number of halogens is 1. The molecule has 0 spiro atoms. The standard InChI is InChI=1S/C18H20IN/c1-20-18(11-13-5-9-17(19)10-6-13)16-8-7-14-3-2-4-15(14)12-16/h5-10,12,18,20H,2-4,11H2,1H3. The lowest BCUT2D eigenvalue weighted by atomic mass is 9.96. The Kier molecular flexibility index (Phi) is 4.41. The highest BCUT2D eigenvalue weighted by atomic mass is 127. The minimum absolute atomic E-state index is 0.404. The minimum atomic E-state index is 0.404. The van der Waals surface area contributed by atoms with Crippen molar-refractivity contribution in [1.29, 1.82) is 0 Å². The Morgan fingerprint density at radius 3 is 2.55 bits per heavy atom. The number of benzene rings is 2. The maximum atomic E-state index is 3.47. The Morgan fingerprint density at radius 1 is 1.05 bits per heavy atom. The fourth-order valence-electron chi connectivity index (χ4n) is 3.05. The van der Waals surface area contributed by atoms with Gasteiger partial charge in [0.2, 0.25) is 0 Å². The van der Waals surface area contributed by atoms with Crippen molar-refractivity contribution in [3.63, 3.8) is 0 Å². The summed E-state index contributed by atoms with van der Waals surface area (Å²) in [7, 11) is 2.06. The van der Waals surface area contributed by atoms with Gasteiger partial charge in [0.05, 0.1) is 0 Å². The van der Waals surface area contributed by atoms with Gasteiger partial charge in [0.1, 0.15) is 0 Å². The van der Waals surface area contributed by atoms with Crippen molar-refractivity contribution in [2.45, 2.75) is 31.7 Å². The van der Waals surface area contributed by atoms with Crippen molar-refractivity contribution in [1.82, 2.24) is 5.32 Å². The van der Waals surface area contributed by atoms with Crippen LogP contribution in [0.3, 0.4) is 0 Å². The molecule has 0 saturated heterocycles. The minimum Gasteiger partial charge on any atom is -0.313 e. The van der Waals surface area contributed by atoms with Crippen molar-refractivity contribution >= 4 is 22.6 Å². The molecule has 1 aliphatic carbocycles. The van der Waals surface area contributed by atoms with Crippen LogP contribution in [0.2, 0.25) is 0 Å². The van der Waals surface area contributed by atoms with Crippen molar-refractivity contribution in [3.05, 3.63) is 68.3 Å². The lowest BCUT2D eigenvalue weighted by Gasteiger charge is -2.18. The highest BCUT2D eigenvalue weighted by molar-refractivity contribution is 14.1. The Bertz CT molecular complexity index is 589. The van der Waals surface area contributed by atoms with E-state index in [4.69, 9.17) is 0 Å². The first-order valence-corrected chi connectivity index (χ1v) is 8.37. The Morgan fingerprint density at radius 2 is 1.80 bits per heavy atom. The summed E-state index contributed by atoms with van der Waals surface area (Å²) >= 11 is 2.36. The average Bonchev–Trinajstić information content (AvgIpc) is 2.94. The molecule has 0 bridgehead atoms.